The van der Waals surface area contributed by atoms with Gasteiger partial charge in [0, 0.05) is 6.20 Å². The van der Waals surface area contributed by atoms with E-state index < -0.39 is 0 Å². The van der Waals surface area contributed by atoms with Crippen LogP contribution >= 0.6 is 22.9 Å². The maximum absolute atomic E-state index is 13.8. The zero-order chi connectivity index (χ0) is 14.7. The first kappa shape index (κ1) is 14.8. The van der Waals surface area contributed by atoms with E-state index in [1.165, 1.54) is 24.5 Å². The molecule has 1 aromatic carbocycles. The van der Waals surface area contributed by atoms with Gasteiger partial charge in [-0.1, -0.05) is 17.7 Å². The van der Waals surface area contributed by atoms with Gasteiger partial charge in [0.1, 0.15) is 10.8 Å². The highest BCUT2D eigenvalue weighted by atomic mass is 35.5. The van der Waals surface area contributed by atoms with Crippen LogP contribution in [0.4, 0.5) is 4.39 Å². The van der Waals surface area contributed by atoms with E-state index in [-0.39, 0.29) is 5.82 Å². The normalized spacial score (nSPS) is 10.2. The van der Waals surface area contributed by atoms with Gasteiger partial charge in [-0.3, -0.25) is 4.98 Å². The lowest BCUT2D eigenvalue weighted by Crippen LogP contribution is -1.84. The number of benzene rings is 1. The number of rotatable bonds is 1. The van der Waals surface area contributed by atoms with Crippen molar-refractivity contribution in [2.75, 3.05) is 7.05 Å². The first-order valence-electron chi connectivity index (χ1n) is 5.91. The van der Waals surface area contributed by atoms with Gasteiger partial charge in [-0.05, 0) is 32.2 Å². The second-order valence-electron chi connectivity index (χ2n) is 3.86. The fraction of sp³-hybridized carbons (Fsp3) is 0.143. The molecule has 0 saturated heterocycles. The minimum atomic E-state index is -0.354. The number of thiazole rings is 1. The zero-order valence-electron chi connectivity index (χ0n) is 11.0. The van der Waals surface area contributed by atoms with Crippen molar-refractivity contribution in [2.45, 2.75) is 6.92 Å². The Morgan fingerprint density at radius 2 is 2.00 bits per heavy atom. The van der Waals surface area contributed by atoms with Crippen LogP contribution < -0.4 is 5.73 Å². The molecule has 0 saturated carbocycles. The summed E-state index contributed by atoms with van der Waals surface area (Å²) in [5.41, 5.74) is 6.57. The van der Waals surface area contributed by atoms with Gasteiger partial charge in [-0.25, -0.2) is 9.37 Å². The Morgan fingerprint density at radius 1 is 1.25 bits per heavy atom. The van der Waals surface area contributed by atoms with E-state index in [9.17, 15) is 4.39 Å². The van der Waals surface area contributed by atoms with Crippen LogP contribution in [0.25, 0.3) is 20.8 Å². The summed E-state index contributed by atoms with van der Waals surface area (Å²) in [7, 11) is 1.50. The number of aryl methyl sites for hydroxylation is 1. The predicted octanol–water partition coefficient (Wildman–Crippen LogP) is 4.03. The van der Waals surface area contributed by atoms with E-state index in [2.05, 4.69) is 15.7 Å². The summed E-state index contributed by atoms with van der Waals surface area (Å²) < 4.78 is 14.8. The lowest BCUT2D eigenvalue weighted by Gasteiger charge is -2.00. The third-order valence-electron chi connectivity index (χ3n) is 2.66. The van der Waals surface area contributed by atoms with Crippen LogP contribution in [0, 0.1) is 12.7 Å². The molecule has 0 radical (unpaired) electrons. The van der Waals surface area contributed by atoms with Crippen molar-refractivity contribution >= 4 is 33.2 Å². The maximum Gasteiger partial charge on any atom is 0.134 e. The summed E-state index contributed by atoms with van der Waals surface area (Å²) in [6.45, 7) is 1.91. The van der Waals surface area contributed by atoms with Crippen molar-refractivity contribution in [2.24, 2.45) is 5.73 Å². The summed E-state index contributed by atoms with van der Waals surface area (Å²) in [6, 6.07) is 6.45. The second kappa shape index (κ2) is 6.26. The van der Waals surface area contributed by atoms with Gasteiger partial charge in [0.05, 0.1) is 26.5 Å². The largest absolute Gasteiger partial charge is 0.333 e. The summed E-state index contributed by atoms with van der Waals surface area (Å²) in [5.74, 6) is -0.354. The summed E-state index contributed by atoms with van der Waals surface area (Å²) in [4.78, 5) is 8.62. The molecule has 2 N–H and O–H groups in total. The highest BCUT2D eigenvalue weighted by Crippen LogP contribution is 2.36. The Balaban J connectivity index is 0.000000704. The van der Waals surface area contributed by atoms with Crippen molar-refractivity contribution in [3.63, 3.8) is 0 Å². The van der Waals surface area contributed by atoms with Crippen LogP contribution in [0.3, 0.4) is 0 Å². The summed E-state index contributed by atoms with van der Waals surface area (Å²) in [6.07, 6.45) is 1.70. The Kier molecular flexibility index (Phi) is 4.65. The van der Waals surface area contributed by atoms with E-state index in [0.717, 1.165) is 15.9 Å². The molecule has 3 aromatic rings. The average molecular weight is 310 g/mol. The van der Waals surface area contributed by atoms with E-state index in [4.69, 9.17) is 11.6 Å². The molecule has 0 aliphatic rings. The molecule has 2 aromatic heterocycles. The minimum Gasteiger partial charge on any atom is -0.333 e. The van der Waals surface area contributed by atoms with Crippen LogP contribution in [0.2, 0.25) is 5.02 Å². The lowest BCUT2D eigenvalue weighted by atomic mass is 10.2. The quantitative estimate of drug-likeness (QED) is 0.738. The van der Waals surface area contributed by atoms with Crippen LogP contribution in [-0.2, 0) is 0 Å². The van der Waals surface area contributed by atoms with Gasteiger partial charge in [-0.15, -0.1) is 11.3 Å². The fourth-order valence-electron chi connectivity index (χ4n) is 1.79. The van der Waals surface area contributed by atoms with Crippen LogP contribution in [0.1, 0.15) is 5.69 Å². The van der Waals surface area contributed by atoms with Crippen molar-refractivity contribution in [3.8, 4) is 10.6 Å². The molecule has 3 nitrogen and oxygen atoms in total. The van der Waals surface area contributed by atoms with E-state index in [1.54, 1.807) is 18.3 Å². The molecule has 0 aliphatic heterocycles. The Morgan fingerprint density at radius 3 is 2.65 bits per heavy atom. The first-order chi connectivity index (χ1) is 9.66. The van der Waals surface area contributed by atoms with Gasteiger partial charge < -0.3 is 5.73 Å². The maximum atomic E-state index is 13.8. The van der Waals surface area contributed by atoms with Crippen molar-refractivity contribution < 1.29 is 4.39 Å². The molecule has 0 aliphatic carbocycles. The number of nitrogens with zero attached hydrogens (tertiary/aromatic N) is 2. The molecule has 0 bridgehead atoms. The Labute approximate surface area is 125 Å². The number of hydrogen-bond donors (Lipinski definition) is 1. The van der Waals surface area contributed by atoms with Crippen LogP contribution in [0.15, 0.2) is 30.5 Å². The monoisotopic (exact) mass is 309 g/mol. The zero-order valence-corrected chi connectivity index (χ0v) is 12.6. The third kappa shape index (κ3) is 2.65. The topological polar surface area (TPSA) is 51.8 Å². The molecule has 0 fully saturated rings. The summed E-state index contributed by atoms with van der Waals surface area (Å²) >= 11 is 7.45. The van der Waals surface area contributed by atoms with Gasteiger partial charge in [0.15, 0.2) is 0 Å². The number of aromatic nitrogens is 2. The van der Waals surface area contributed by atoms with E-state index >= 15 is 0 Å². The fourth-order valence-corrected chi connectivity index (χ4v) is 3.17. The standard InChI is InChI=1S/C13H8ClFN2S.CH5N/c1-7-12-10(5-6-16-7)17-13(18-12)11-8(14)3-2-4-9(11)15;1-2/h2-6H,1H3;2H2,1H3. The number of halogens is 2. The molecule has 0 unspecified atom stereocenters. The first-order valence-corrected chi connectivity index (χ1v) is 7.10. The Hall–Kier alpha value is -1.56. The molecule has 3 rings (SSSR count). The molecule has 2 heterocycles. The van der Waals surface area contributed by atoms with Gasteiger partial charge in [0.25, 0.3) is 0 Å². The van der Waals surface area contributed by atoms with Gasteiger partial charge in [0.2, 0.25) is 0 Å². The highest BCUT2D eigenvalue weighted by molar-refractivity contribution is 7.21. The van der Waals surface area contributed by atoms with Crippen molar-refractivity contribution in [3.05, 3.63) is 47.0 Å². The molecular weight excluding hydrogens is 297 g/mol. The molecule has 20 heavy (non-hydrogen) atoms. The predicted molar refractivity (Wildman–Crippen MR) is 82.7 cm³/mol. The van der Waals surface area contributed by atoms with Crippen molar-refractivity contribution in [1.29, 1.82) is 0 Å². The molecule has 0 atom stereocenters. The van der Waals surface area contributed by atoms with E-state index in [1.807, 2.05) is 13.0 Å². The van der Waals surface area contributed by atoms with Crippen LogP contribution in [-0.4, -0.2) is 17.0 Å². The minimum absolute atomic E-state index is 0.354. The third-order valence-corrected chi connectivity index (χ3v) is 4.17. The number of nitrogens with two attached hydrogens (primary N) is 1. The molecule has 0 amide bonds. The Bertz CT molecular complexity index is 722. The lowest BCUT2D eigenvalue weighted by molar-refractivity contribution is 0.631. The summed E-state index contributed by atoms with van der Waals surface area (Å²) in [5, 5.41) is 0.962. The number of hydrogen-bond acceptors (Lipinski definition) is 4. The molecule has 0 spiro atoms. The number of pyridine rings is 1. The number of fused-ring (bicyclic) bond motifs is 1. The smallest absolute Gasteiger partial charge is 0.134 e. The SMILES string of the molecule is CN.Cc1nccc2nc(-c3c(F)cccc3Cl)sc12. The second-order valence-corrected chi connectivity index (χ2v) is 5.27. The molecular formula is C14H13ClFN3S. The average Bonchev–Trinajstić information content (AvgIpc) is 2.86. The van der Waals surface area contributed by atoms with Crippen molar-refractivity contribution in [1.82, 2.24) is 9.97 Å². The van der Waals surface area contributed by atoms with Crippen LogP contribution in [0.5, 0.6) is 0 Å². The molecule has 6 heteroatoms. The van der Waals surface area contributed by atoms with Gasteiger partial charge in [-0.2, -0.15) is 0 Å². The highest BCUT2D eigenvalue weighted by Gasteiger charge is 2.15. The molecule has 104 valence electrons. The van der Waals surface area contributed by atoms with Gasteiger partial charge >= 0.3 is 0 Å². The van der Waals surface area contributed by atoms with E-state index in [0.29, 0.717) is 15.6 Å².